The topological polar surface area (TPSA) is 55.8 Å². The van der Waals surface area contributed by atoms with Gasteiger partial charge < -0.3 is 14.4 Å². The summed E-state index contributed by atoms with van der Waals surface area (Å²) in [6, 6.07) is 15.7. The fourth-order valence-corrected chi connectivity index (χ4v) is 4.30. The number of hydrogen-bond acceptors (Lipinski definition) is 4. The second-order valence-electron chi connectivity index (χ2n) is 7.55. The van der Waals surface area contributed by atoms with Crippen LogP contribution >= 0.6 is 11.6 Å². The number of halogens is 1. The van der Waals surface area contributed by atoms with Gasteiger partial charge in [-0.3, -0.25) is 9.59 Å². The highest BCUT2D eigenvalue weighted by molar-refractivity contribution is 6.30. The van der Waals surface area contributed by atoms with Gasteiger partial charge in [0.1, 0.15) is 12.1 Å². The van der Waals surface area contributed by atoms with Crippen LogP contribution in [0.25, 0.3) is 0 Å². The highest BCUT2D eigenvalue weighted by Gasteiger charge is 2.52. The van der Waals surface area contributed by atoms with E-state index in [0.29, 0.717) is 17.2 Å². The summed E-state index contributed by atoms with van der Waals surface area (Å²) < 4.78 is 11.9. The molecule has 5 nitrogen and oxygen atoms in total. The van der Waals surface area contributed by atoms with Crippen LogP contribution in [-0.2, 0) is 14.3 Å². The smallest absolute Gasteiger partial charge is 0.252 e. The van der Waals surface area contributed by atoms with Gasteiger partial charge >= 0.3 is 0 Å². The van der Waals surface area contributed by atoms with Crippen molar-refractivity contribution >= 4 is 23.3 Å². The Morgan fingerprint density at radius 1 is 1.10 bits per heavy atom. The van der Waals surface area contributed by atoms with Gasteiger partial charge in [0.25, 0.3) is 5.91 Å². The van der Waals surface area contributed by atoms with Gasteiger partial charge in [-0.1, -0.05) is 54.1 Å². The zero-order chi connectivity index (χ0) is 20.4. The van der Waals surface area contributed by atoms with E-state index in [4.69, 9.17) is 21.1 Å². The van der Waals surface area contributed by atoms with Crippen molar-refractivity contribution in [2.24, 2.45) is 0 Å². The summed E-state index contributed by atoms with van der Waals surface area (Å²) in [5.41, 5.74) is 1.42. The normalized spacial score (nSPS) is 27.2. The fourth-order valence-electron chi connectivity index (χ4n) is 4.18. The van der Waals surface area contributed by atoms with Crippen molar-refractivity contribution in [3.8, 4) is 0 Å². The number of amides is 1. The number of rotatable bonds is 5. The van der Waals surface area contributed by atoms with Gasteiger partial charge in [-0.15, -0.1) is 0 Å². The fraction of sp³-hybridized carbons (Fsp3) is 0.391. The average Bonchev–Trinajstić information content (AvgIpc) is 3.00. The molecule has 0 spiro atoms. The molecule has 2 aromatic carbocycles. The van der Waals surface area contributed by atoms with Gasteiger partial charge in [0.05, 0.1) is 0 Å². The summed E-state index contributed by atoms with van der Waals surface area (Å²) in [6.45, 7) is 0.624. The minimum Gasteiger partial charge on any atom is -0.353 e. The monoisotopic (exact) mass is 413 g/mol. The lowest BCUT2D eigenvalue weighted by Gasteiger charge is -2.28. The van der Waals surface area contributed by atoms with Crippen LogP contribution in [0.2, 0.25) is 5.02 Å². The Hall–Kier alpha value is -2.21. The molecule has 0 bridgehead atoms. The SMILES string of the molecule is CN1C(=O)C(OC2CCCCO2)C(c2ccc(Cl)cc2)C1C(=O)c1ccccc1. The molecule has 0 saturated carbocycles. The van der Waals surface area contributed by atoms with Crippen LogP contribution in [0.15, 0.2) is 54.6 Å². The van der Waals surface area contributed by atoms with Gasteiger partial charge in [-0.2, -0.15) is 0 Å². The number of ether oxygens (including phenoxy) is 2. The summed E-state index contributed by atoms with van der Waals surface area (Å²) in [5.74, 6) is -0.742. The first-order valence-electron chi connectivity index (χ1n) is 9.95. The molecular weight excluding hydrogens is 390 g/mol. The molecule has 152 valence electrons. The van der Waals surface area contributed by atoms with E-state index in [-0.39, 0.29) is 11.7 Å². The Morgan fingerprint density at radius 2 is 1.83 bits per heavy atom. The van der Waals surface area contributed by atoms with Gasteiger partial charge in [-0.05, 0) is 37.0 Å². The second kappa shape index (κ2) is 8.66. The van der Waals surface area contributed by atoms with Crippen LogP contribution < -0.4 is 0 Å². The molecule has 1 amide bonds. The Bertz CT molecular complexity index is 864. The first-order valence-corrected chi connectivity index (χ1v) is 10.3. The van der Waals surface area contributed by atoms with Crippen LogP contribution in [-0.4, -0.2) is 48.7 Å². The number of nitrogens with zero attached hydrogens (tertiary/aromatic N) is 1. The Labute approximate surface area is 175 Å². The number of ketones is 1. The van der Waals surface area contributed by atoms with E-state index in [1.807, 2.05) is 30.3 Å². The van der Waals surface area contributed by atoms with E-state index in [0.717, 1.165) is 24.8 Å². The third-order valence-corrected chi connectivity index (χ3v) is 5.94. The van der Waals surface area contributed by atoms with Crippen molar-refractivity contribution in [2.45, 2.75) is 43.6 Å². The molecule has 4 atom stereocenters. The van der Waals surface area contributed by atoms with E-state index in [9.17, 15) is 9.59 Å². The minimum atomic E-state index is -0.776. The molecule has 0 aliphatic carbocycles. The lowest BCUT2D eigenvalue weighted by atomic mass is 9.85. The number of likely N-dealkylation sites (N-methyl/N-ethyl adjacent to an activating group) is 1. The zero-order valence-corrected chi connectivity index (χ0v) is 17.0. The summed E-state index contributed by atoms with van der Waals surface area (Å²) in [6.07, 6.45) is 1.54. The molecule has 29 heavy (non-hydrogen) atoms. The number of benzene rings is 2. The molecule has 6 heteroatoms. The van der Waals surface area contributed by atoms with E-state index < -0.39 is 24.4 Å². The Balaban J connectivity index is 1.70. The van der Waals surface area contributed by atoms with Crippen molar-refractivity contribution < 1.29 is 19.1 Å². The minimum absolute atomic E-state index is 0.0999. The maximum Gasteiger partial charge on any atom is 0.252 e. The number of carbonyl (C=O) groups excluding carboxylic acids is 2. The van der Waals surface area contributed by atoms with E-state index in [1.54, 1.807) is 31.3 Å². The zero-order valence-electron chi connectivity index (χ0n) is 16.3. The van der Waals surface area contributed by atoms with Gasteiger partial charge in [-0.25, -0.2) is 0 Å². The van der Waals surface area contributed by atoms with Gasteiger partial charge in [0.2, 0.25) is 0 Å². The summed E-state index contributed by atoms with van der Waals surface area (Å²) in [5, 5.41) is 0.602. The van der Waals surface area contributed by atoms with Gasteiger partial charge in [0, 0.05) is 30.2 Å². The van der Waals surface area contributed by atoms with Crippen molar-refractivity contribution in [3.05, 3.63) is 70.7 Å². The quantitative estimate of drug-likeness (QED) is 0.693. The molecule has 2 aliphatic heterocycles. The predicted octanol–water partition coefficient (Wildman–Crippen LogP) is 4.06. The van der Waals surface area contributed by atoms with Crippen molar-refractivity contribution in [1.82, 2.24) is 4.90 Å². The largest absolute Gasteiger partial charge is 0.353 e. The number of likely N-dealkylation sites (tertiary alicyclic amines) is 1. The summed E-state index contributed by atoms with van der Waals surface area (Å²) in [7, 11) is 1.67. The second-order valence-corrected chi connectivity index (χ2v) is 7.99. The average molecular weight is 414 g/mol. The Kier molecular flexibility index (Phi) is 5.99. The van der Waals surface area contributed by atoms with Crippen molar-refractivity contribution in [2.75, 3.05) is 13.7 Å². The summed E-state index contributed by atoms with van der Waals surface area (Å²) in [4.78, 5) is 28.0. The molecule has 2 aliphatic rings. The van der Waals surface area contributed by atoms with E-state index >= 15 is 0 Å². The molecule has 2 heterocycles. The third-order valence-electron chi connectivity index (χ3n) is 5.69. The highest BCUT2D eigenvalue weighted by atomic mass is 35.5. The molecular formula is C23H24ClNO4. The number of Topliss-reactive ketones (excluding diaryl/α,β-unsaturated/α-hetero) is 1. The molecule has 4 unspecified atom stereocenters. The van der Waals surface area contributed by atoms with Crippen LogP contribution in [0.5, 0.6) is 0 Å². The lowest BCUT2D eigenvalue weighted by molar-refractivity contribution is -0.192. The number of hydrogen-bond donors (Lipinski definition) is 0. The Morgan fingerprint density at radius 3 is 2.48 bits per heavy atom. The molecule has 0 radical (unpaired) electrons. The third kappa shape index (κ3) is 4.08. The van der Waals surface area contributed by atoms with E-state index in [2.05, 4.69) is 0 Å². The van der Waals surface area contributed by atoms with Crippen molar-refractivity contribution in [3.63, 3.8) is 0 Å². The first kappa shape index (κ1) is 20.1. The maximum atomic E-state index is 13.4. The van der Waals surface area contributed by atoms with Crippen LogP contribution in [0.4, 0.5) is 0 Å². The van der Waals surface area contributed by atoms with Gasteiger partial charge in [0.15, 0.2) is 12.1 Å². The van der Waals surface area contributed by atoms with Crippen molar-refractivity contribution in [1.29, 1.82) is 0 Å². The summed E-state index contributed by atoms with van der Waals surface area (Å²) >= 11 is 6.07. The lowest BCUT2D eigenvalue weighted by Crippen LogP contribution is -2.38. The molecule has 4 rings (SSSR count). The molecule has 2 fully saturated rings. The standard InChI is InChI=1S/C23H24ClNO4/c1-25-20(21(26)16-7-3-2-4-8-16)19(15-10-12-17(24)13-11-15)22(23(25)27)29-18-9-5-6-14-28-18/h2-4,7-8,10-13,18-20,22H,5-6,9,14H2,1H3. The number of carbonyl (C=O) groups is 2. The first-order chi connectivity index (χ1) is 14.1. The maximum absolute atomic E-state index is 13.4. The molecule has 2 aromatic rings. The highest BCUT2D eigenvalue weighted by Crippen LogP contribution is 2.39. The van der Waals surface area contributed by atoms with E-state index in [1.165, 1.54) is 4.90 Å². The van der Waals surface area contributed by atoms with Crippen LogP contribution in [0, 0.1) is 0 Å². The molecule has 0 N–H and O–H groups in total. The molecule has 2 saturated heterocycles. The van der Waals surface area contributed by atoms with Crippen LogP contribution in [0.3, 0.4) is 0 Å². The predicted molar refractivity (Wildman–Crippen MR) is 110 cm³/mol. The van der Waals surface area contributed by atoms with Crippen LogP contribution in [0.1, 0.15) is 41.1 Å². The molecule has 0 aromatic heterocycles.